The third-order valence-corrected chi connectivity index (χ3v) is 4.46. The van der Waals surface area contributed by atoms with Gasteiger partial charge in [0.2, 0.25) is 5.91 Å². The molecule has 4 nitrogen and oxygen atoms in total. The molecule has 1 aromatic rings. The molecule has 2 N–H and O–H groups in total. The summed E-state index contributed by atoms with van der Waals surface area (Å²) in [7, 11) is 0. The van der Waals surface area contributed by atoms with Crippen LogP contribution in [0.3, 0.4) is 0 Å². The molecule has 1 fully saturated rings. The van der Waals surface area contributed by atoms with Crippen LogP contribution in [0.2, 0.25) is 0 Å². The van der Waals surface area contributed by atoms with E-state index in [1.54, 1.807) is 6.07 Å². The fourth-order valence-corrected chi connectivity index (χ4v) is 2.99. The van der Waals surface area contributed by atoms with Crippen LogP contribution in [0.25, 0.3) is 0 Å². The molecule has 0 atom stereocenters. The van der Waals surface area contributed by atoms with Crippen molar-refractivity contribution in [1.29, 1.82) is 0 Å². The minimum atomic E-state index is -1.20. The number of carbonyl (C=O) groups excluding carboxylic acids is 1. The third kappa shape index (κ3) is 1.87. The van der Waals surface area contributed by atoms with Crippen LogP contribution in [0, 0.1) is 5.41 Å². The molecule has 0 unspecified atom stereocenters. The summed E-state index contributed by atoms with van der Waals surface area (Å²) in [5.74, 6) is -1.42. The number of carboxylic acids is 1. The lowest BCUT2D eigenvalue weighted by Crippen LogP contribution is -2.48. The van der Waals surface area contributed by atoms with E-state index in [2.05, 4.69) is 21.2 Å². The van der Waals surface area contributed by atoms with Crippen LogP contribution >= 0.6 is 27.3 Å². The van der Waals surface area contributed by atoms with Gasteiger partial charge in [0.05, 0.1) is 5.00 Å². The van der Waals surface area contributed by atoms with Gasteiger partial charge in [-0.2, -0.15) is 0 Å². The van der Waals surface area contributed by atoms with E-state index in [1.807, 2.05) is 5.38 Å². The zero-order chi connectivity index (χ0) is 11.8. The molecule has 0 saturated heterocycles. The summed E-state index contributed by atoms with van der Waals surface area (Å²) in [6.07, 6.45) is 1.66. The molecule has 86 valence electrons. The number of carboxylic acid groups (broad SMARTS) is 1. The molecule has 1 aliphatic carbocycles. The van der Waals surface area contributed by atoms with Gasteiger partial charge in [-0.05, 0) is 34.8 Å². The van der Waals surface area contributed by atoms with Gasteiger partial charge < -0.3 is 10.4 Å². The zero-order valence-corrected chi connectivity index (χ0v) is 10.7. The molecule has 0 bridgehead atoms. The highest BCUT2D eigenvalue weighted by Crippen LogP contribution is 2.42. The quantitative estimate of drug-likeness (QED) is 0.844. The maximum Gasteiger partial charge on any atom is 0.319 e. The second-order valence-electron chi connectivity index (χ2n) is 3.82. The first-order valence-corrected chi connectivity index (χ1v) is 6.51. The Labute approximate surface area is 105 Å². The highest BCUT2D eigenvalue weighted by atomic mass is 79.9. The number of nitrogens with one attached hydrogen (secondary N) is 1. The van der Waals surface area contributed by atoms with Gasteiger partial charge in [-0.1, -0.05) is 6.42 Å². The van der Waals surface area contributed by atoms with Crippen LogP contribution in [0.15, 0.2) is 15.9 Å². The van der Waals surface area contributed by atoms with Crippen molar-refractivity contribution in [2.45, 2.75) is 19.3 Å². The molecule has 1 aromatic heterocycles. The van der Waals surface area contributed by atoms with Crippen LogP contribution in [0.4, 0.5) is 5.00 Å². The number of aliphatic carboxylic acids is 1. The third-order valence-electron chi connectivity index (χ3n) is 2.86. The monoisotopic (exact) mass is 303 g/mol. The van der Waals surface area contributed by atoms with Crippen molar-refractivity contribution in [3.63, 3.8) is 0 Å². The number of carbonyl (C=O) groups is 2. The molecule has 2 rings (SSSR count). The number of hydrogen-bond acceptors (Lipinski definition) is 3. The van der Waals surface area contributed by atoms with Crippen molar-refractivity contribution in [2.24, 2.45) is 5.41 Å². The number of thiophene rings is 1. The summed E-state index contributed by atoms with van der Waals surface area (Å²) in [6.45, 7) is 0. The Morgan fingerprint density at radius 1 is 1.50 bits per heavy atom. The van der Waals surface area contributed by atoms with E-state index in [0.717, 1.165) is 10.9 Å². The Kier molecular flexibility index (Phi) is 3.03. The minimum Gasteiger partial charge on any atom is -0.480 e. The summed E-state index contributed by atoms with van der Waals surface area (Å²) in [6, 6.07) is 1.76. The van der Waals surface area contributed by atoms with Crippen molar-refractivity contribution in [2.75, 3.05) is 5.32 Å². The second-order valence-corrected chi connectivity index (χ2v) is 5.65. The summed E-state index contributed by atoms with van der Waals surface area (Å²) in [4.78, 5) is 22.9. The molecule has 0 spiro atoms. The SMILES string of the molecule is O=C(O)C1(C(=O)Nc2cc(Br)cs2)CCC1. The number of rotatable bonds is 3. The normalized spacial score (nSPS) is 17.6. The fourth-order valence-electron chi connectivity index (χ4n) is 1.68. The summed E-state index contributed by atoms with van der Waals surface area (Å²) >= 11 is 4.64. The lowest BCUT2D eigenvalue weighted by atomic mass is 9.68. The van der Waals surface area contributed by atoms with Crippen LogP contribution in [0.5, 0.6) is 0 Å². The summed E-state index contributed by atoms with van der Waals surface area (Å²) < 4.78 is 0.880. The Hall–Kier alpha value is -0.880. The van der Waals surface area contributed by atoms with Crippen molar-refractivity contribution < 1.29 is 14.7 Å². The summed E-state index contributed by atoms with van der Waals surface area (Å²) in [5, 5.41) is 14.2. The molecular formula is C10H10BrNO3S. The van der Waals surface area contributed by atoms with E-state index in [0.29, 0.717) is 17.8 Å². The Morgan fingerprint density at radius 3 is 2.56 bits per heavy atom. The van der Waals surface area contributed by atoms with Crippen LogP contribution in [-0.2, 0) is 9.59 Å². The molecule has 1 heterocycles. The van der Waals surface area contributed by atoms with E-state index in [9.17, 15) is 9.59 Å². The van der Waals surface area contributed by atoms with Gasteiger partial charge in [0.15, 0.2) is 0 Å². The van der Waals surface area contributed by atoms with Crippen molar-refractivity contribution in [3.05, 3.63) is 15.9 Å². The minimum absolute atomic E-state index is 0.402. The van der Waals surface area contributed by atoms with Gasteiger partial charge in [-0.3, -0.25) is 9.59 Å². The van der Waals surface area contributed by atoms with Gasteiger partial charge in [-0.25, -0.2) is 0 Å². The number of anilines is 1. The molecule has 16 heavy (non-hydrogen) atoms. The van der Waals surface area contributed by atoms with Crippen LogP contribution < -0.4 is 5.32 Å². The zero-order valence-electron chi connectivity index (χ0n) is 8.33. The number of halogens is 1. The van der Waals surface area contributed by atoms with E-state index >= 15 is 0 Å². The Balaban J connectivity index is 2.10. The summed E-state index contributed by atoms with van der Waals surface area (Å²) in [5.41, 5.74) is -1.20. The Bertz CT molecular complexity index is 439. The molecule has 0 aliphatic heterocycles. The lowest BCUT2D eigenvalue weighted by molar-refractivity contribution is -0.159. The fraction of sp³-hybridized carbons (Fsp3) is 0.400. The molecule has 0 aromatic carbocycles. The van der Waals surface area contributed by atoms with Crippen molar-refractivity contribution in [1.82, 2.24) is 0 Å². The average Bonchev–Trinajstić information content (AvgIpc) is 2.47. The molecule has 0 radical (unpaired) electrons. The number of amides is 1. The Morgan fingerprint density at radius 2 is 2.19 bits per heavy atom. The van der Waals surface area contributed by atoms with E-state index in [4.69, 9.17) is 5.11 Å². The van der Waals surface area contributed by atoms with Crippen LogP contribution in [0.1, 0.15) is 19.3 Å². The van der Waals surface area contributed by atoms with Gasteiger partial charge in [-0.15, -0.1) is 11.3 Å². The van der Waals surface area contributed by atoms with E-state index in [1.165, 1.54) is 11.3 Å². The van der Waals surface area contributed by atoms with Crippen LogP contribution in [-0.4, -0.2) is 17.0 Å². The predicted molar refractivity (Wildman–Crippen MR) is 64.6 cm³/mol. The maximum absolute atomic E-state index is 11.9. The number of hydrogen-bond donors (Lipinski definition) is 2. The van der Waals surface area contributed by atoms with E-state index < -0.39 is 17.3 Å². The molecule has 1 amide bonds. The van der Waals surface area contributed by atoms with Gasteiger partial charge >= 0.3 is 5.97 Å². The topological polar surface area (TPSA) is 66.4 Å². The van der Waals surface area contributed by atoms with Crippen molar-refractivity contribution in [3.8, 4) is 0 Å². The van der Waals surface area contributed by atoms with Gasteiger partial charge in [0.1, 0.15) is 5.41 Å². The maximum atomic E-state index is 11.9. The smallest absolute Gasteiger partial charge is 0.319 e. The molecule has 6 heteroatoms. The standard InChI is InChI=1S/C10H10BrNO3S/c11-6-4-7(16-5-6)12-8(13)10(9(14)15)2-1-3-10/h4-5H,1-3H2,(H,12,13)(H,14,15). The highest BCUT2D eigenvalue weighted by Gasteiger charge is 2.51. The molecule has 1 saturated carbocycles. The van der Waals surface area contributed by atoms with Gasteiger partial charge in [0, 0.05) is 9.85 Å². The lowest BCUT2D eigenvalue weighted by Gasteiger charge is -2.35. The van der Waals surface area contributed by atoms with Crippen molar-refractivity contribution >= 4 is 44.1 Å². The molecule has 1 aliphatic rings. The first-order chi connectivity index (χ1) is 7.54. The highest BCUT2D eigenvalue weighted by molar-refractivity contribution is 9.10. The first kappa shape index (κ1) is 11.6. The average molecular weight is 304 g/mol. The predicted octanol–water partition coefficient (Wildman–Crippen LogP) is 2.70. The van der Waals surface area contributed by atoms with Gasteiger partial charge in [0.25, 0.3) is 0 Å². The molecular weight excluding hydrogens is 294 g/mol. The first-order valence-electron chi connectivity index (χ1n) is 4.83. The van der Waals surface area contributed by atoms with E-state index in [-0.39, 0.29) is 0 Å². The second kappa shape index (κ2) is 4.18. The largest absolute Gasteiger partial charge is 0.480 e.